The maximum absolute atomic E-state index is 13.6. The molecule has 0 aliphatic carbocycles. The van der Waals surface area contributed by atoms with Gasteiger partial charge in [-0.15, -0.1) is 0 Å². The van der Waals surface area contributed by atoms with Crippen molar-refractivity contribution in [2.24, 2.45) is 4.99 Å². The molecule has 186 valence electrons. The fourth-order valence-corrected chi connectivity index (χ4v) is 4.92. The molecule has 1 aliphatic rings. The van der Waals surface area contributed by atoms with Crippen molar-refractivity contribution in [3.05, 3.63) is 96.2 Å². The van der Waals surface area contributed by atoms with E-state index in [0.717, 1.165) is 16.7 Å². The van der Waals surface area contributed by atoms with Crippen LogP contribution in [0.2, 0.25) is 0 Å². The lowest BCUT2D eigenvalue weighted by Gasteiger charge is -2.24. The summed E-state index contributed by atoms with van der Waals surface area (Å²) in [4.78, 5) is 42.9. The summed E-state index contributed by atoms with van der Waals surface area (Å²) in [6.07, 6.45) is 1.77. The van der Waals surface area contributed by atoms with Gasteiger partial charge in [0.25, 0.3) is 5.56 Å². The monoisotopic (exact) mass is 506 g/mol. The minimum absolute atomic E-state index is 0.185. The number of allylic oxidation sites excluding steroid dienone is 1. The molecule has 0 saturated heterocycles. The average molecular weight is 507 g/mol. The van der Waals surface area contributed by atoms with Crippen molar-refractivity contribution in [3.8, 4) is 5.75 Å². The Hall–Kier alpha value is -3.98. The minimum Gasteiger partial charge on any atom is -0.482 e. The maximum atomic E-state index is 13.6. The molecule has 0 radical (unpaired) electrons. The van der Waals surface area contributed by atoms with E-state index in [-0.39, 0.29) is 18.8 Å². The number of benzene rings is 2. The number of rotatable bonds is 7. The third kappa shape index (κ3) is 5.16. The molecular weight excluding hydrogens is 480 g/mol. The van der Waals surface area contributed by atoms with Crippen LogP contribution >= 0.6 is 11.3 Å². The highest BCUT2D eigenvalue weighted by atomic mass is 32.1. The van der Waals surface area contributed by atoms with Crippen LogP contribution in [-0.4, -0.2) is 36.8 Å². The molecule has 1 aliphatic heterocycles. The van der Waals surface area contributed by atoms with Crippen molar-refractivity contribution >= 4 is 29.4 Å². The van der Waals surface area contributed by atoms with Gasteiger partial charge in [0, 0.05) is 0 Å². The van der Waals surface area contributed by atoms with E-state index in [1.165, 1.54) is 18.4 Å². The molecule has 0 bridgehead atoms. The van der Waals surface area contributed by atoms with Crippen molar-refractivity contribution in [2.45, 2.75) is 26.8 Å². The van der Waals surface area contributed by atoms with Gasteiger partial charge in [0.2, 0.25) is 0 Å². The number of methoxy groups -OCH3 is 1. The van der Waals surface area contributed by atoms with Crippen LogP contribution in [0.15, 0.2) is 69.6 Å². The lowest BCUT2D eigenvalue weighted by atomic mass is 9.95. The Balaban J connectivity index is 1.77. The number of aryl methyl sites for hydroxylation is 1. The second-order valence-electron chi connectivity index (χ2n) is 8.15. The van der Waals surface area contributed by atoms with Crippen LogP contribution in [0.5, 0.6) is 5.75 Å². The molecule has 36 heavy (non-hydrogen) atoms. The van der Waals surface area contributed by atoms with Crippen LogP contribution in [0, 0.1) is 6.92 Å². The summed E-state index contributed by atoms with van der Waals surface area (Å²) < 4.78 is 17.3. The first-order chi connectivity index (χ1) is 17.3. The van der Waals surface area contributed by atoms with Crippen molar-refractivity contribution in [1.82, 2.24) is 4.57 Å². The van der Waals surface area contributed by atoms with E-state index < -0.39 is 18.0 Å². The number of esters is 2. The van der Waals surface area contributed by atoms with Gasteiger partial charge in [-0.2, -0.15) is 0 Å². The highest BCUT2D eigenvalue weighted by Crippen LogP contribution is 2.30. The number of ether oxygens (including phenoxy) is 3. The standard InChI is InChI=1S/C27H26N2O6S/c1-5-34-26(32)23-17(3)28-27-29(24(23)19-10-6-16(2)7-11-19)25(31)21(36-27)14-18-8-12-20(13-9-18)35-15-22(30)33-4/h6-14,24H,5,15H2,1-4H3/b21-14-/t24-/m0/s1. The zero-order valence-corrected chi connectivity index (χ0v) is 21.3. The molecule has 2 heterocycles. The molecule has 4 rings (SSSR count). The fourth-order valence-electron chi connectivity index (χ4n) is 3.87. The van der Waals surface area contributed by atoms with Crippen LogP contribution < -0.4 is 19.6 Å². The van der Waals surface area contributed by atoms with E-state index in [1.54, 1.807) is 48.8 Å². The van der Waals surface area contributed by atoms with E-state index in [0.29, 0.717) is 26.4 Å². The first-order valence-corrected chi connectivity index (χ1v) is 12.2. The Bertz CT molecular complexity index is 1500. The van der Waals surface area contributed by atoms with Crippen molar-refractivity contribution in [1.29, 1.82) is 0 Å². The molecular formula is C27H26N2O6S. The number of fused-ring (bicyclic) bond motifs is 1. The number of thiazole rings is 1. The Morgan fingerprint density at radius 3 is 2.42 bits per heavy atom. The summed E-state index contributed by atoms with van der Waals surface area (Å²) in [5, 5.41) is 0. The van der Waals surface area contributed by atoms with Gasteiger partial charge in [0.1, 0.15) is 5.75 Å². The van der Waals surface area contributed by atoms with Gasteiger partial charge in [-0.25, -0.2) is 14.6 Å². The first kappa shape index (κ1) is 25.1. The van der Waals surface area contributed by atoms with E-state index >= 15 is 0 Å². The number of nitrogens with zero attached hydrogens (tertiary/aromatic N) is 2. The van der Waals surface area contributed by atoms with Gasteiger partial charge >= 0.3 is 11.9 Å². The largest absolute Gasteiger partial charge is 0.482 e. The Labute approximate surface area is 211 Å². The molecule has 8 nitrogen and oxygen atoms in total. The molecule has 0 spiro atoms. The smallest absolute Gasteiger partial charge is 0.343 e. The number of hydrogen-bond donors (Lipinski definition) is 0. The molecule has 0 N–H and O–H groups in total. The third-order valence-electron chi connectivity index (χ3n) is 5.67. The third-order valence-corrected chi connectivity index (χ3v) is 6.66. The lowest BCUT2D eigenvalue weighted by molar-refractivity contribution is -0.143. The molecule has 0 saturated carbocycles. The predicted octanol–water partition coefficient (Wildman–Crippen LogP) is 2.66. The number of carbonyl (C=O) groups is 2. The molecule has 0 fully saturated rings. The quantitative estimate of drug-likeness (QED) is 0.457. The molecule has 3 aromatic rings. The minimum atomic E-state index is -0.642. The maximum Gasteiger partial charge on any atom is 0.343 e. The lowest BCUT2D eigenvalue weighted by Crippen LogP contribution is -2.39. The van der Waals surface area contributed by atoms with Gasteiger partial charge in [-0.1, -0.05) is 53.3 Å². The van der Waals surface area contributed by atoms with Crippen LogP contribution in [0.3, 0.4) is 0 Å². The van der Waals surface area contributed by atoms with Crippen LogP contribution in [-0.2, 0) is 19.1 Å². The summed E-state index contributed by atoms with van der Waals surface area (Å²) in [6, 6.07) is 14.1. The molecule has 0 amide bonds. The normalized spacial score (nSPS) is 15.2. The zero-order valence-electron chi connectivity index (χ0n) is 20.4. The summed E-state index contributed by atoms with van der Waals surface area (Å²) in [6.45, 7) is 5.52. The summed E-state index contributed by atoms with van der Waals surface area (Å²) >= 11 is 1.26. The summed E-state index contributed by atoms with van der Waals surface area (Å²) in [5.74, 6) is -0.449. The van der Waals surface area contributed by atoms with Crippen molar-refractivity contribution in [2.75, 3.05) is 20.3 Å². The number of carbonyl (C=O) groups excluding carboxylic acids is 2. The molecule has 9 heteroatoms. The average Bonchev–Trinajstić information content (AvgIpc) is 3.17. The highest BCUT2D eigenvalue weighted by Gasteiger charge is 2.33. The van der Waals surface area contributed by atoms with E-state index in [1.807, 2.05) is 31.2 Å². The number of hydrogen-bond acceptors (Lipinski definition) is 8. The Morgan fingerprint density at radius 2 is 1.78 bits per heavy atom. The van der Waals surface area contributed by atoms with E-state index in [9.17, 15) is 14.4 Å². The van der Waals surface area contributed by atoms with Gasteiger partial charge < -0.3 is 14.2 Å². The summed E-state index contributed by atoms with van der Waals surface area (Å²) in [5.41, 5.74) is 3.29. The van der Waals surface area contributed by atoms with Gasteiger partial charge in [-0.3, -0.25) is 9.36 Å². The van der Waals surface area contributed by atoms with Crippen LogP contribution in [0.4, 0.5) is 0 Å². The number of aromatic nitrogens is 1. The Morgan fingerprint density at radius 1 is 1.08 bits per heavy atom. The Kier molecular flexibility index (Phi) is 7.49. The van der Waals surface area contributed by atoms with Crippen LogP contribution in [0.25, 0.3) is 6.08 Å². The SMILES string of the molecule is CCOC(=O)C1=C(C)N=c2s/c(=C\c3ccc(OCC(=O)OC)cc3)c(=O)n2[C@H]1c1ccc(C)cc1. The van der Waals surface area contributed by atoms with Crippen molar-refractivity contribution < 1.29 is 23.8 Å². The van der Waals surface area contributed by atoms with Gasteiger partial charge in [0.05, 0.1) is 35.6 Å². The topological polar surface area (TPSA) is 96.2 Å². The first-order valence-electron chi connectivity index (χ1n) is 11.4. The van der Waals surface area contributed by atoms with Crippen molar-refractivity contribution in [3.63, 3.8) is 0 Å². The fraction of sp³-hybridized carbons (Fsp3) is 0.259. The van der Waals surface area contributed by atoms with Gasteiger partial charge in [-0.05, 0) is 50.1 Å². The van der Waals surface area contributed by atoms with Gasteiger partial charge in [0.15, 0.2) is 11.4 Å². The van der Waals surface area contributed by atoms with E-state index in [2.05, 4.69) is 9.73 Å². The van der Waals surface area contributed by atoms with E-state index in [4.69, 9.17) is 9.47 Å². The summed E-state index contributed by atoms with van der Waals surface area (Å²) in [7, 11) is 1.30. The second kappa shape index (κ2) is 10.7. The zero-order chi connectivity index (χ0) is 25.8. The van der Waals surface area contributed by atoms with Crippen LogP contribution in [0.1, 0.15) is 36.6 Å². The molecule has 0 unspecified atom stereocenters. The highest BCUT2D eigenvalue weighted by molar-refractivity contribution is 7.07. The molecule has 1 aromatic heterocycles. The molecule has 2 aromatic carbocycles. The predicted molar refractivity (Wildman–Crippen MR) is 136 cm³/mol. The molecule has 1 atom stereocenters. The second-order valence-corrected chi connectivity index (χ2v) is 9.16.